The molecule has 1 fully saturated rings. The van der Waals surface area contributed by atoms with Gasteiger partial charge in [0.15, 0.2) is 0 Å². The lowest BCUT2D eigenvalue weighted by atomic mass is 10.2. The van der Waals surface area contributed by atoms with E-state index in [1.165, 1.54) is 12.1 Å². The maximum atomic E-state index is 13.6. The number of hydrogen-bond donors (Lipinski definition) is 2. The van der Waals surface area contributed by atoms with E-state index in [4.69, 9.17) is 9.84 Å². The fourth-order valence-corrected chi connectivity index (χ4v) is 1.96. The molecule has 0 aromatic heterocycles. The highest BCUT2D eigenvalue weighted by Crippen LogP contribution is 2.15. The molecule has 112 valence electrons. The molecule has 1 heterocycles. The molecule has 1 aromatic carbocycles. The minimum atomic E-state index is -1.13. The van der Waals surface area contributed by atoms with Gasteiger partial charge in [-0.2, -0.15) is 0 Å². The third kappa shape index (κ3) is 4.63. The standard InChI is InChI=1S/C13H17FN2O3.ClH/c14-11-9-10(13(17)18)1-2-12(11)15-3-4-16-5-7-19-8-6-16;/h1-2,9,15H,3-8H2,(H,17,18);1H. The quantitative estimate of drug-likeness (QED) is 0.867. The minimum Gasteiger partial charge on any atom is -0.478 e. The monoisotopic (exact) mass is 304 g/mol. The van der Waals surface area contributed by atoms with Crippen molar-refractivity contribution in [2.24, 2.45) is 0 Å². The van der Waals surface area contributed by atoms with Crippen molar-refractivity contribution in [3.63, 3.8) is 0 Å². The molecule has 1 aliphatic heterocycles. The van der Waals surface area contributed by atoms with Crippen LogP contribution in [0.15, 0.2) is 18.2 Å². The Morgan fingerprint density at radius 1 is 1.40 bits per heavy atom. The second-order valence-corrected chi connectivity index (χ2v) is 4.38. The van der Waals surface area contributed by atoms with Crippen LogP contribution in [-0.4, -0.2) is 55.4 Å². The summed E-state index contributed by atoms with van der Waals surface area (Å²) in [5.41, 5.74) is 0.287. The number of hydrogen-bond acceptors (Lipinski definition) is 4. The molecule has 0 amide bonds. The zero-order valence-electron chi connectivity index (χ0n) is 11.0. The first-order valence-electron chi connectivity index (χ1n) is 6.23. The largest absolute Gasteiger partial charge is 0.478 e. The van der Waals surface area contributed by atoms with E-state index in [9.17, 15) is 9.18 Å². The summed E-state index contributed by atoms with van der Waals surface area (Å²) < 4.78 is 18.9. The van der Waals surface area contributed by atoms with E-state index in [0.29, 0.717) is 12.2 Å². The van der Waals surface area contributed by atoms with Crippen LogP contribution in [-0.2, 0) is 4.74 Å². The highest BCUT2D eigenvalue weighted by atomic mass is 35.5. The lowest BCUT2D eigenvalue weighted by molar-refractivity contribution is 0.0398. The van der Waals surface area contributed by atoms with Crippen LogP contribution >= 0.6 is 12.4 Å². The molecule has 0 bridgehead atoms. The van der Waals surface area contributed by atoms with Gasteiger partial charge < -0.3 is 15.2 Å². The average molecular weight is 305 g/mol. The molecular weight excluding hydrogens is 287 g/mol. The molecule has 1 saturated heterocycles. The maximum Gasteiger partial charge on any atom is 0.335 e. The van der Waals surface area contributed by atoms with Gasteiger partial charge in [-0.25, -0.2) is 9.18 Å². The first kappa shape index (κ1) is 16.7. The number of nitrogens with zero attached hydrogens (tertiary/aromatic N) is 1. The number of morpholine rings is 1. The predicted molar refractivity (Wildman–Crippen MR) is 76.4 cm³/mol. The number of ether oxygens (including phenoxy) is 1. The molecule has 20 heavy (non-hydrogen) atoms. The van der Waals surface area contributed by atoms with Gasteiger partial charge in [0.1, 0.15) is 5.82 Å². The average Bonchev–Trinajstić information content (AvgIpc) is 2.41. The Morgan fingerprint density at radius 2 is 2.10 bits per heavy atom. The SMILES string of the molecule is Cl.O=C(O)c1ccc(NCCN2CCOCC2)c(F)c1. The topological polar surface area (TPSA) is 61.8 Å². The molecule has 0 spiro atoms. The van der Waals surface area contributed by atoms with Crippen LogP contribution in [0.1, 0.15) is 10.4 Å². The zero-order valence-corrected chi connectivity index (χ0v) is 11.8. The van der Waals surface area contributed by atoms with Crippen LogP contribution in [0.4, 0.5) is 10.1 Å². The third-order valence-corrected chi connectivity index (χ3v) is 3.06. The summed E-state index contributed by atoms with van der Waals surface area (Å²) in [5, 5.41) is 11.7. The van der Waals surface area contributed by atoms with Crippen molar-refractivity contribution in [2.45, 2.75) is 0 Å². The number of nitrogens with one attached hydrogen (secondary N) is 1. The van der Waals surface area contributed by atoms with Crippen molar-refractivity contribution in [2.75, 3.05) is 44.7 Å². The molecule has 0 saturated carbocycles. The maximum absolute atomic E-state index is 13.6. The number of halogens is 2. The number of benzene rings is 1. The molecule has 1 aliphatic rings. The number of aromatic carboxylic acids is 1. The summed E-state index contributed by atoms with van der Waals surface area (Å²) in [6.07, 6.45) is 0. The van der Waals surface area contributed by atoms with E-state index in [1.807, 2.05) is 0 Å². The normalized spacial score (nSPS) is 15.4. The second-order valence-electron chi connectivity index (χ2n) is 4.38. The summed E-state index contributed by atoms with van der Waals surface area (Å²) >= 11 is 0. The van der Waals surface area contributed by atoms with E-state index < -0.39 is 11.8 Å². The van der Waals surface area contributed by atoms with Crippen molar-refractivity contribution >= 4 is 24.1 Å². The van der Waals surface area contributed by atoms with Gasteiger partial charge in [-0.1, -0.05) is 0 Å². The third-order valence-electron chi connectivity index (χ3n) is 3.06. The first-order valence-corrected chi connectivity index (χ1v) is 6.23. The minimum absolute atomic E-state index is 0. The molecular formula is C13H18ClFN2O3. The Morgan fingerprint density at radius 3 is 2.70 bits per heavy atom. The summed E-state index contributed by atoms with van der Waals surface area (Å²) in [5.74, 6) is -1.67. The molecule has 5 nitrogen and oxygen atoms in total. The van der Waals surface area contributed by atoms with E-state index in [-0.39, 0.29) is 18.0 Å². The highest BCUT2D eigenvalue weighted by molar-refractivity contribution is 5.88. The van der Waals surface area contributed by atoms with Gasteiger partial charge in [0.05, 0.1) is 24.5 Å². The first-order chi connectivity index (χ1) is 9.16. The molecule has 0 aliphatic carbocycles. The van der Waals surface area contributed by atoms with Crippen LogP contribution in [0.3, 0.4) is 0 Å². The number of rotatable bonds is 5. The van der Waals surface area contributed by atoms with Crippen LogP contribution in [0, 0.1) is 5.82 Å². The fourth-order valence-electron chi connectivity index (χ4n) is 1.96. The summed E-state index contributed by atoms with van der Waals surface area (Å²) in [6, 6.07) is 3.87. The Kier molecular flexibility index (Phi) is 6.70. The number of anilines is 1. The predicted octanol–water partition coefficient (Wildman–Crippen LogP) is 1.69. The van der Waals surface area contributed by atoms with Gasteiger partial charge in [0.25, 0.3) is 0 Å². The van der Waals surface area contributed by atoms with Gasteiger partial charge in [-0.05, 0) is 18.2 Å². The van der Waals surface area contributed by atoms with Crippen molar-refractivity contribution in [1.82, 2.24) is 4.90 Å². The number of carboxylic acid groups (broad SMARTS) is 1. The molecule has 2 N–H and O–H groups in total. The Bertz CT molecular complexity index is 453. The number of carboxylic acids is 1. The second kappa shape index (κ2) is 8.04. The number of carbonyl (C=O) groups is 1. The van der Waals surface area contributed by atoms with Crippen LogP contribution < -0.4 is 5.32 Å². The van der Waals surface area contributed by atoms with E-state index >= 15 is 0 Å². The summed E-state index contributed by atoms with van der Waals surface area (Å²) in [4.78, 5) is 12.9. The lowest BCUT2D eigenvalue weighted by Gasteiger charge is -2.26. The van der Waals surface area contributed by atoms with Crippen LogP contribution in [0.5, 0.6) is 0 Å². The van der Waals surface area contributed by atoms with Crippen molar-refractivity contribution in [3.05, 3.63) is 29.6 Å². The van der Waals surface area contributed by atoms with Crippen molar-refractivity contribution in [3.8, 4) is 0 Å². The van der Waals surface area contributed by atoms with Crippen molar-refractivity contribution in [1.29, 1.82) is 0 Å². The lowest BCUT2D eigenvalue weighted by Crippen LogP contribution is -2.39. The van der Waals surface area contributed by atoms with E-state index in [0.717, 1.165) is 38.9 Å². The zero-order chi connectivity index (χ0) is 13.7. The molecule has 0 unspecified atom stereocenters. The molecule has 0 radical (unpaired) electrons. The molecule has 7 heteroatoms. The highest BCUT2D eigenvalue weighted by Gasteiger charge is 2.11. The fraction of sp³-hybridized carbons (Fsp3) is 0.462. The van der Waals surface area contributed by atoms with Crippen molar-refractivity contribution < 1.29 is 19.0 Å². The van der Waals surface area contributed by atoms with Crippen LogP contribution in [0.25, 0.3) is 0 Å². The van der Waals surface area contributed by atoms with E-state index in [2.05, 4.69) is 10.2 Å². The van der Waals surface area contributed by atoms with E-state index in [1.54, 1.807) is 0 Å². The summed E-state index contributed by atoms with van der Waals surface area (Å²) in [6.45, 7) is 4.68. The summed E-state index contributed by atoms with van der Waals surface area (Å²) in [7, 11) is 0. The van der Waals surface area contributed by atoms with Crippen LogP contribution in [0.2, 0.25) is 0 Å². The Balaban J connectivity index is 0.00000200. The molecule has 0 atom stereocenters. The van der Waals surface area contributed by atoms with Gasteiger partial charge in [0.2, 0.25) is 0 Å². The smallest absolute Gasteiger partial charge is 0.335 e. The Hall–Kier alpha value is -1.37. The van der Waals surface area contributed by atoms with Gasteiger partial charge in [0, 0.05) is 26.2 Å². The molecule has 2 rings (SSSR count). The van der Waals surface area contributed by atoms with Gasteiger partial charge >= 0.3 is 5.97 Å². The van der Waals surface area contributed by atoms with Gasteiger partial charge in [-0.15, -0.1) is 12.4 Å². The Labute approximate surface area is 123 Å². The molecule has 1 aromatic rings. The van der Waals surface area contributed by atoms with Gasteiger partial charge in [-0.3, -0.25) is 4.90 Å².